The second-order valence-electron chi connectivity index (χ2n) is 6.56. The van der Waals surface area contributed by atoms with Crippen LogP contribution >= 0.6 is 0 Å². The van der Waals surface area contributed by atoms with Gasteiger partial charge in [-0.15, -0.1) is 5.59 Å². The average Bonchev–Trinajstić information content (AvgIpc) is 2.57. The Kier molecular flexibility index (Phi) is 13.2. The standard InChI is InChI=1S/C18H36N2O3/c1-22-18(21)17-15-13-11-9-7-5-3-2-4-6-8-10-12-14-16-23-20-19-17/h17,19-20H,2-16H2,1H3. The van der Waals surface area contributed by atoms with Gasteiger partial charge in [-0.25, -0.2) is 5.43 Å². The van der Waals surface area contributed by atoms with Crippen molar-refractivity contribution in [3.63, 3.8) is 0 Å². The van der Waals surface area contributed by atoms with Crippen LogP contribution in [0.5, 0.6) is 0 Å². The normalized spacial score (nSPS) is 24.8. The highest BCUT2D eigenvalue weighted by Crippen LogP contribution is 2.13. The van der Waals surface area contributed by atoms with Crippen LogP contribution in [0, 0.1) is 0 Å². The minimum atomic E-state index is -0.331. The van der Waals surface area contributed by atoms with Gasteiger partial charge in [0, 0.05) is 0 Å². The van der Waals surface area contributed by atoms with E-state index in [2.05, 4.69) is 11.0 Å². The lowest BCUT2D eigenvalue weighted by Gasteiger charge is -2.17. The van der Waals surface area contributed by atoms with Gasteiger partial charge < -0.3 is 4.74 Å². The molecular weight excluding hydrogens is 292 g/mol. The molecule has 1 aliphatic rings. The van der Waals surface area contributed by atoms with Crippen LogP contribution in [0.4, 0.5) is 0 Å². The smallest absolute Gasteiger partial charge is 0.324 e. The molecule has 1 rings (SSSR count). The molecule has 1 saturated heterocycles. The summed E-state index contributed by atoms with van der Waals surface area (Å²) in [5.74, 6) is -0.230. The maximum absolute atomic E-state index is 11.7. The highest BCUT2D eigenvalue weighted by molar-refractivity contribution is 5.75. The predicted octanol–water partition coefficient (Wildman–Crippen LogP) is 4.03. The van der Waals surface area contributed by atoms with Crippen LogP contribution < -0.4 is 11.0 Å². The third kappa shape index (κ3) is 11.5. The summed E-state index contributed by atoms with van der Waals surface area (Å²) in [5, 5.41) is 0. The molecule has 1 unspecified atom stereocenters. The van der Waals surface area contributed by atoms with Crippen LogP contribution in [0.15, 0.2) is 0 Å². The van der Waals surface area contributed by atoms with Crippen molar-refractivity contribution >= 4 is 5.97 Å². The molecule has 0 aromatic carbocycles. The summed E-state index contributed by atoms with van der Waals surface area (Å²) in [5.41, 5.74) is 5.65. The molecule has 0 aromatic heterocycles. The van der Waals surface area contributed by atoms with Crippen LogP contribution in [0.2, 0.25) is 0 Å². The van der Waals surface area contributed by atoms with Crippen molar-refractivity contribution in [2.75, 3.05) is 13.7 Å². The number of methoxy groups -OCH3 is 1. The van der Waals surface area contributed by atoms with Gasteiger partial charge in [0.2, 0.25) is 0 Å². The summed E-state index contributed by atoms with van der Waals surface area (Å²) < 4.78 is 4.84. The second kappa shape index (κ2) is 14.9. The molecule has 0 aliphatic carbocycles. The summed E-state index contributed by atoms with van der Waals surface area (Å²) in [6, 6.07) is -0.331. The Labute approximate surface area is 141 Å². The third-order valence-electron chi connectivity index (χ3n) is 4.53. The molecule has 1 atom stereocenters. The van der Waals surface area contributed by atoms with Crippen LogP contribution in [0.1, 0.15) is 89.9 Å². The average molecular weight is 328 g/mol. The number of nitrogens with one attached hydrogen (secondary N) is 2. The molecular formula is C18H36N2O3. The fraction of sp³-hybridized carbons (Fsp3) is 0.944. The van der Waals surface area contributed by atoms with Gasteiger partial charge in [-0.2, -0.15) is 0 Å². The van der Waals surface area contributed by atoms with E-state index in [4.69, 9.17) is 9.57 Å². The number of esters is 1. The molecule has 0 amide bonds. The van der Waals surface area contributed by atoms with E-state index < -0.39 is 0 Å². The zero-order valence-electron chi connectivity index (χ0n) is 14.9. The second-order valence-corrected chi connectivity index (χ2v) is 6.56. The first-order valence-corrected chi connectivity index (χ1v) is 9.54. The number of carbonyl (C=O) groups excluding carboxylic acids is 1. The summed E-state index contributed by atoms with van der Waals surface area (Å²) in [6.45, 7) is 0.668. The van der Waals surface area contributed by atoms with Gasteiger partial charge in [-0.05, 0) is 12.8 Å². The highest BCUT2D eigenvalue weighted by atomic mass is 16.7. The molecule has 1 fully saturated rings. The van der Waals surface area contributed by atoms with Gasteiger partial charge in [-0.3, -0.25) is 9.63 Å². The van der Waals surface area contributed by atoms with E-state index in [1.807, 2.05) is 0 Å². The first kappa shape index (κ1) is 20.4. The molecule has 5 heteroatoms. The Balaban J connectivity index is 2.28. The van der Waals surface area contributed by atoms with E-state index in [1.165, 1.54) is 77.7 Å². The van der Waals surface area contributed by atoms with Crippen molar-refractivity contribution in [3.8, 4) is 0 Å². The van der Waals surface area contributed by atoms with Gasteiger partial charge in [0.15, 0.2) is 0 Å². The van der Waals surface area contributed by atoms with Gasteiger partial charge in [-0.1, -0.05) is 77.0 Å². The largest absolute Gasteiger partial charge is 0.468 e. The lowest BCUT2D eigenvalue weighted by Crippen LogP contribution is -2.46. The Morgan fingerprint density at radius 1 is 0.826 bits per heavy atom. The van der Waals surface area contributed by atoms with E-state index in [0.717, 1.165) is 19.3 Å². The van der Waals surface area contributed by atoms with Crippen molar-refractivity contribution in [2.45, 2.75) is 95.9 Å². The predicted molar refractivity (Wildman–Crippen MR) is 92.7 cm³/mol. The SMILES string of the molecule is COC(=O)C1CCCCCCCCCCCCCCCONN1. The first-order chi connectivity index (χ1) is 11.3. The molecule has 0 bridgehead atoms. The van der Waals surface area contributed by atoms with Crippen LogP contribution in [-0.2, 0) is 14.4 Å². The molecule has 1 aliphatic heterocycles. The maximum atomic E-state index is 11.7. The first-order valence-electron chi connectivity index (χ1n) is 9.54. The third-order valence-corrected chi connectivity index (χ3v) is 4.53. The quantitative estimate of drug-likeness (QED) is 0.712. The Morgan fingerprint density at radius 2 is 1.30 bits per heavy atom. The number of rotatable bonds is 1. The number of hydrogen-bond acceptors (Lipinski definition) is 5. The van der Waals surface area contributed by atoms with Crippen LogP contribution in [-0.4, -0.2) is 25.7 Å². The summed E-state index contributed by atoms with van der Waals surface area (Å²) in [6.07, 6.45) is 17.4. The molecule has 23 heavy (non-hydrogen) atoms. The van der Waals surface area contributed by atoms with Gasteiger partial charge >= 0.3 is 5.97 Å². The number of hydrazine groups is 1. The van der Waals surface area contributed by atoms with Crippen molar-refractivity contribution in [1.29, 1.82) is 0 Å². The van der Waals surface area contributed by atoms with E-state index in [1.54, 1.807) is 0 Å². The van der Waals surface area contributed by atoms with Gasteiger partial charge in [0.05, 0.1) is 13.7 Å². The lowest BCUT2D eigenvalue weighted by atomic mass is 10.0. The monoisotopic (exact) mass is 328 g/mol. The fourth-order valence-corrected chi connectivity index (χ4v) is 3.02. The van der Waals surface area contributed by atoms with Crippen LogP contribution in [0.3, 0.4) is 0 Å². The lowest BCUT2D eigenvalue weighted by molar-refractivity contribution is -0.145. The van der Waals surface area contributed by atoms with Crippen molar-refractivity contribution < 1.29 is 14.4 Å². The molecule has 1 heterocycles. The summed E-state index contributed by atoms with van der Waals surface area (Å²) in [4.78, 5) is 17.1. The van der Waals surface area contributed by atoms with Crippen molar-refractivity contribution in [2.24, 2.45) is 0 Å². The van der Waals surface area contributed by atoms with Crippen LogP contribution in [0.25, 0.3) is 0 Å². The molecule has 0 radical (unpaired) electrons. The molecule has 0 saturated carbocycles. The Morgan fingerprint density at radius 3 is 1.83 bits per heavy atom. The minimum absolute atomic E-state index is 0.230. The highest BCUT2D eigenvalue weighted by Gasteiger charge is 2.17. The van der Waals surface area contributed by atoms with E-state index in [0.29, 0.717) is 6.61 Å². The molecule has 136 valence electrons. The van der Waals surface area contributed by atoms with Gasteiger partial charge in [0.25, 0.3) is 0 Å². The zero-order valence-corrected chi connectivity index (χ0v) is 14.9. The Bertz CT molecular complexity index is 267. The topological polar surface area (TPSA) is 59.6 Å². The number of carbonyl (C=O) groups is 1. The Hall–Kier alpha value is -0.650. The zero-order chi connectivity index (χ0) is 16.6. The fourth-order valence-electron chi connectivity index (χ4n) is 3.02. The minimum Gasteiger partial charge on any atom is -0.468 e. The molecule has 0 spiro atoms. The van der Waals surface area contributed by atoms with E-state index in [-0.39, 0.29) is 12.0 Å². The molecule has 2 N–H and O–H groups in total. The van der Waals surface area contributed by atoms with Crippen molar-refractivity contribution in [3.05, 3.63) is 0 Å². The molecule has 5 nitrogen and oxygen atoms in total. The molecule has 0 aromatic rings. The van der Waals surface area contributed by atoms with Gasteiger partial charge in [0.1, 0.15) is 6.04 Å². The maximum Gasteiger partial charge on any atom is 0.324 e. The number of hydrogen-bond donors (Lipinski definition) is 2. The van der Waals surface area contributed by atoms with Crippen molar-refractivity contribution in [1.82, 2.24) is 11.0 Å². The van der Waals surface area contributed by atoms with E-state index >= 15 is 0 Å². The summed E-state index contributed by atoms with van der Waals surface area (Å²) >= 11 is 0. The number of ether oxygens (including phenoxy) is 1. The van der Waals surface area contributed by atoms with E-state index in [9.17, 15) is 4.79 Å². The summed E-state index contributed by atoms with van der Waals surface area (Å²) in [7, 11) is 1.43.